The predicted molar refractivity (Wildman–Crippen MR) is 118 cm³/mol. The van der Waals surface area contributed by atoms with Gasteiger partial charge in [0.25, 0.3) is 0 Å². The fourth-order valence-electron chi connectivity index (χ4n) is 2.78. The van der Waals surface area contributed by atoms with Crippen molar-refractivity contribution in [2.45, 2.75) is 46.3 Å². The van der Waals surface area contributed by atoms with Gasteiger partial charge in [-0.05, 0) is 57.0 Å². The summed E-state index contributed by atoms with van der Waals surface area (Å²) in [5.74, 6) is -2.13. The molecule has 2 aromatic rings. The Morgan fingerprint density at radius 3 is 2.26 bits per heavy atom. The van der Waals surface area contributed by atoms with Crippen molar-refractivity contribution in [3.8, 4) is 0 Å². The summed E-state index contributed by atoms with van der Waals surface area (Å²) in [6, 6.07) is 8.93. The molecule has 0 aromatic heterocycles. The smallest absolute Gasteiger partial charge is 0.408 e. The summed E-state index contributed by atoms with van der Waals surface area (Å²) in [6.45, 7) is 8.66. The standard InChI is InChI=1S/C23H26ClFN2O4/c1-13(2)19(27-22(30)31-23(3,4)5)21(29)26-18-11-10-14(24)12-16(18)20(28)15-8-6-7-9-17(15)25/h6-13,19H,1-5H3,(H,26,29)(H,27,30)/t19-/m1/s1. The van der Waals surface area contributed by atoms with Crippen LogP contribution in [0.25, 0.3) is 0 Å². The summed E-state index contributed by atoms with van der Waals surface area (Å²) in [6.07, 6.45) is -0.736. The fourth-order valence-corrected chi connectivity index (χ4v) is 2.96. The highest BCUT2D eigenvalue weighted by molar-refractivity contribution is 6.31. The zero-order chi connectivity index (χ0) is 23.3. The number of anilines is 1. The van der Waals surface area contributed by atoms with Crippen molar-refractivity contribution in [1.82, 2.24) is 5.32 Å². The van der Waals surface area contributed by atoms with Gasteiger partial charge in [-0.25, -0.2) is 9.18 Å². The Balaban J connectivity index is 2.30. The minimum absolute atomic E-state index is 0.0331. The zero-order valence-corrected chi connectivity index (χ0v) is 18.8. The molecule has 31 heavy (non-hydrogen) atoms. The molecule has 8 heteroatoms. The van der Waals surface area contributed by atoms with Crippen LogP contribution in [0.5, 0.6) is 0 Å². The fraction of sp³-hybridized carbons (Fsp3) is 0.348. The van der Waals surface area contributed by atoms with E-state index in [4.69, 9.17) is 16.3 Å². The van der Waals surface area contributed by atoms with E-state index in [-0.39, 0.29) is 27.8 Å². The average Bonchev–Trinajstić information content (AvgIpc) is 2.65. The molecule has 0 bridgehead atoms. The molecule has 0 spiro atoms. The lowest BCUT2D eigenvalue weighted by molar-refractivity contribution is -0.119. The van der Waals surface area contributed by atoms with Crippen LogP contribution >= 0.6 is 11.6 Å². The lowest BCUT2D eigenvalue weighted by Crippen LogP contribution is -2.48. The molecular formula is C23H26ClFN2O4. The number of amides is 2. The largest absolute Gasteiger partial charge is 0.444 e. The highest BCUT2D eigenvalue weighted by atomic mass is 35.5. The molecule has 2 rings (SSSR count). The Labute approximate surface area is 186 Å². The van der Waals surface area contributed by atoms with Crippen molar-refractivity contribution < 1.29 is 23.5 Å². The number of carbonyl (C=O) groups excluding carboxylic acids is 3. The number of hydrogen-bond donors (Lipinski definition) is 2. The van der Waals surface area contributed by atoms with E-state index in [2.05, 4.69) is 10.6 Å². The molecule has 2 N–H and O–H groups in total. The van der Waals surface area contributed by atoms with Gasteiger partial charge in [0.05, 0.1) is 11.3 Å². The maximum atomic E-state index is 14.1. The minimum atomic E-state index is -0.929. The molecule has 0 saturated carbocycles. The maximum absolute atomic E-state index is 14.1. The van der Waals surface area contributed by atoms with Crippen LogP contribution in [0.1, 0.15) is 50.5 Å². The Hall–Kier alpha value is -2.93. The van der Waals surface area contributed by atoms with Gasteiger partial charge in [0.1, 0.15) is 17.5 Å². The number of rotatable bonds is 6. The first kappa shape index (κ1) is 24.3. The van der Waals surface area contributed by atoms with Crippen LogP contribution in [0.15, 0.2) is 42.5 Å². The summed E-state index contributed by atoms with van der Waals surface area (Å²) in [5.41, 5.74) is -0.685. The maximum Gasteiger partial charge on any atom is 0.408 e. The summed E-state index contributed by atoms with van der Waals surface area (Å²) >= 11 is 6.04. The highest BCUT2D eigenvalue weighted by Crippen LogP contribution is 2.25. The molecule has 1 atom stereocenters. The lowest BCUT2D eigenvalue weighted by atomic mass is 10.00. The second-order valence-electron chi connectivity index (χ2n) is 8.36. The molecular weight excluding hydrogens is 423 g/mol. The second kappa shape index (κ2) is 9.92. The van der Waals surface area contributed by atoms with E-state index in [1.807, 2.05) is 0 Å². The molecule has 2 aromatic carbocycles. The third kappa shape index (κ3) is 6.79. The zero-order valence-electron chi connectivity index (χ0n) is 18.1. The molecule has 0 unspecified atom stereocenters. The molecule has 0 aliphatic heterocycles. The van der Waals surface area contributed by atoms with Gasteiger partial charge in [-0.3, -0.25) is 9.59 Å². The van der Waals surface area contributed by atoms with Crippen LogP contribution in [-0.4, -0.2) is 29.4 Å². The molecule has 2 amide bonds. The second-order valence-corrected chi connectivity index (χ2v) is 8.79. The van der Waals surface area contributed by atoms with Gasteiger partial charge in [0.15, 0.2) is 5.78 Å². The molecule has 0 aliphatic rings. The number of ketones is 1. The van der Waals surface area contributed by atoms with Crippen LogP contribution < -0.4 is 10.6 Å². The van der Waals surface area contributed by atoms with Gasteiger partial charge in [-0.1, -0.05) is 37.6 Å². The predicted octanol–water partition coefficient (Wildman–Crippen LogP) is 5.20. The normalized spacial score (nSPS) is 12.3. The first-order valence-corrected chi connectivity index (χ1v) is 10.2. The number of nitrogens with one attached hydrogen (secondary N) is 2. The van der Waals surface area contributed by atoms with E-state index in [1.54, 1.807) is 40.7 Å². The number of ether oxygens (including phenoxy) is 1. The van der Waals surface area contributed by atoms with Gasteiger partial charge >= 0.3 is 6.09 Å². The summed E-state index contributed by atoms with van der Waals surface area (Å²) in [5, 5.41) is 5.45. The van der Waals surface area contributed by atoms with E-state index < -0.39 is 35.2 Å². The Kier molecular flexibility index (Phi) is 7.79. The molecule has 0 saturated heterocycles. The Bertz CT molecular complexity index is 986. The molecule has 0 heterocycles. The third-order valence-electron chi connectivity index (χ3n) is 4.22. The van der Waals surface area contributed by atoms with Gasteiger partial charge in [-0.2, -0.15) is 0 Å². The van der Waals surface area contributed by atoms with E-state index in [1.165, 1.54) is 36.4 Å². The molecule has 6 nitrogen and oxygen atoms in total. The van der Waals surface area contributed by atoms with E-state index in [0.717, 1.165) is 0 Å². The Morgan fingerprint density at radius 1 is 1.03 bits per heavy atom. The lowest BCUT2D eigenvalue weighted by Gasteiger charge is -2.25. The Morgan fingerprint density at radius 2 is 1.68 bits per heavy atom. The molecule has 0 aliphatic carbocycles. The molecule has 0 radical (unpaired) electrons. The van der Waals surface area contributed by atoms with Crippen molar-refractivity contribution in [3.05, 3.63) is 64.4 Å². The van der Waals surface area contributed by atoms with Crippen molar-refractivity contribution in [1.29, 1.82) is 0 Å². The van der Waals surface area contributed by atoms with Crippen molar-refractivity contribution >= 4 is 35.1 Å². The van der Waals surface area contributed by atoms with Crippen LogP contribution in [-0.2, 0) is 9.53 Å². The van der Waals surface area contributed by atoms with Crippen LogP contribution in [0.3, 0.4) is 0 Å². The SMILES string of the molecule is CC(C)[C@@H](NC(=O)OC(C)(C)C)C(=O)Nc1ccc(Cl)cc1C(=O)c1ccccc1F. The third-order valence-corrected chi connectivity index (χ3v) is 4.46. The topological polar surface area (TPSA) is 84.5 Å². The number of carbonyl (C=O) groups is 3. The minimum Gasteiger partial charge on any atom is -0.444 e. The monoisotopic (exact) mass is 448 g/mol. The van der Waals surface area contributed by atoms with E-state index >= 15 is 0 Å². The average molecular weight is 449 g/mol. The van der Waals surface area contributed by atoms with E-state index in [9.17, 15) is 18.8 Å². The van der Waals surface area contributed by atoms with Gasteiger partial charge in [-0.15, -0.1) is 0 Å². The number of alkyl carbamates (subject to hydrolysis) is 1. The first-order chi connectivity index (χ1) is 14.4. The van der Waals surface area contributed by atoms with Crippen molar-refractivity contribution in [3.63, 3.8) is 0 Å². The summed E-state index contributed by atoms with van der Waals surface area (Å²) in [4.78, 5) is 38.0. The van der Waals surface area contributed by atoms with Gasteiger partial charge in [0, 0.05) is 10.6 Å². The van der Waals surface area contributed by atoms with Crippen molar-refractivity contribution in [2.24, 2.45) is 5.92 Å². The summed E-state index contributed by atoms with van der Waals surface area (Å²) < 4.78 is 19.4. The number of halogens is 2. The molecule has 166 valence electrons. The van der Waals surface area contributed by atoms with Crippen LogP contribution in [0.2, 0.25) is 5.02 Å². The van der Waals surface area contributed by atoms with Gasteiger partial charge in [0.2, 0.25) is 5.91 Å². The van der Waals surface area contributed by atoms with Crippen LogP contribution in [0, 0.1) is 11.7 Å². The highest BCUT2D eigenvalue weighted by Gasteiger charge is 2.28. The van der Waals surface area contributed by atoms with Crippen LogP contribution in [0.4, 0.5) is 14.9 Å². The number of hydrogen-bond acceptors (Lipinski definition) is 4. The van der Waals surface area contributed by atoms with Crippen molar-refractivity contribution in [2.75, 3.05) is 5.32 Å². The quantitative estimate of drug-likeness (QED) is 0.595. The van der Waals surface area contributed by atoms with Gasteiger partial charge < -0.3 is 15.4 Å². The number of benzene rings is 2. The first-order valence-electron chi connectivity index (χ1n) is 9.78. The van der Waals surface area contributed by atoms with E-state index in [0.29, 0.717) is 0 Å². The molecule has 0 fully saturated rings. The summed E-state index contributed by atoms with van der Waals surface area (Å²) in [7, 11) is 0.